The summed E-state index contributed by atoms with van der Waals surface area (Å²) in [5, 5.41) is 15.2. The van der Waals surface area contributed by atoms with E-state index in [9.17, 15) is 14.7 Å². The first-order valence-corrected chi connectivity index (χ1v) is 6.23. The van der Waals surface area contributed by atoms with Crippen LogP contribution in [0.3, 0.4) is 0 Å². The molecule has 3 amide bonds. The number of aliphatic hydroxyl groups excluding tert-OH is 1. The Kier molecular flexibility index (Phi) is 2.87. The molecule has 0 spiro atoms. The van der Waals surface area contributed by atoms with E-state index in [2.05, 4.69) is 10.6 Å². The van der Waals surface area contributed by atoms with Crippen molar-refractivity contribution in [2.75, 3.05) is 6.54 Å². The topological polar surface area (TPSA) is 81.7 Å². The largest absolute Gasteiger partial charge is 0.389 e. The van der Waals surface area contributed by atoms with E-state index in [0.717, 1.165) is 5.56 Å². The van der Waals surface area contributed by atoms with E-state index in [1.165, 1.54) is 4.90 Å². The van der Waals surface area contributed by atoms with Crippen LogP contribution in [0.1, 0.15) is 5.56 Å². The summed E-state index contributed by atoms with van der Waals surface area (Å²) < 4.78 is 0. The number of fused-ring (bicyclic) bond motifs is 1. The van der Waals surface area contributed by atoms with E-state index in [4.69, 9.17) is 0 Å². The lowest BCUT2D eigenvalue weighted by atomic mass is 9.97. The minimum atomic E-state index is -0.745. The smallest absolute Gasteiger partial charge is 0.318 e. The van der Waals surface area contributed by atoms with Crippen LogP contribution in [0.5, 0.6) is 0 Å². The van der Waals surface area contributed by atoms with Crippen LogP contribution in [0.2, 0.25) is 0 Å². The molecular weight excluding hydrogens is 246 g/mol. The normalized spacial score (nSPS) is 29.7. The van der Waals surface area contributed by atoms with Crippen LogP contribution in [-0.2, 0) is 11.3 Å². The quantitative estimate of drug-likeness (QED) is 0.667. The monoisotopic (exact) mass is 261 g/mol. The van der Waals surface area contributed by atoms with E-state index in [1.54, 1.807) is 0 Å². The lowest BCUT2D eigenvalue weighted by molar-refractivity contribution is -0.127. The van der Waals surface area contributed by atoms with E-state index >= 15 is 0 Å². The average molecular weight is 261 g/mol. The van der Waals surface area contributed by atoms with Crippen molar-refractivity contribution >= 4 is 11.9 Å². The molecule has 1 aromatic carbocycles. The van der Waals surface area contributed by atoms with Crippen molar-refractivity contribution in [2.45, 2.75) is 24.7 Å². The van der Waals surface area contributed by atoms with Crippen molar-refractivity contribution in [1.29, 1.82) is 0 Å². The highest BCUT2D eigenvalue weighted by Gasteiger charge is 2.49. The lowest BCUT2D eigenvalue weighted by Crippen LogP contribution is -2.61. The highest BCUT2D eigenvalue weighted by atomic mass is 16.3. The van der Waals surface area contributed by atoms with Gasteiger partial charge in [0.15, 0.2) is 0 Å². The van der Waals surface area contributed by atoms with Gasteiger partial charge in [0.05, 0.1) is 12.1 Å². The molecule has 2 fully saturated rings. The van der Waals surface area contributed by atoms with Crippen molar-refractivity contribution < 1.29 is 14.7 Å². The van der Waals surface area contributed by atoms with Crippen molar-refractivity contribution in [1.82, 2.24) is 15.5 Å². The molecule has 0 saturated carbocycles. The van der Waals surface area contributed by atoms with Crippen molar-refractivity contribution in [3.8, 4) is 0 Å². The molecule has 0 aliphatic carbocycles. The number of urea groups is 1. The van der Waals surface area contributed by atoms with Crippen LogP contribution in [0.15, 0.2) is 30.3 Å². The van der Waals surface area contributed by atoms with Crippen LogP contribution in [0.25, 0.3) is 0 Å². The SMILES string of the molecule is O=C1NC[C@@H](O)[C@@H]2[C@@H]1NC(=O)N2Cc1ccccc1. The molecule has 0 bridgehead atoms. The molecule has 0 unspecified atom stereocenters. The number of carbonyl (C=O) groups is 2. The van der Waals surface area contributed by atoms with Crippen molar-refractivity contribution in [3.05, 3.63) is 35.9 Å². The highest BCUT2D eigenvalue weighted by Crippen LogP contribution is 2.22. The van der Waals surface area contributed by atoms with Gasteiger partial charge in [-0.15, -0.1) is 0 Å². The minimum Gasteiger partial charge on any atom is -0.389 e. The number of aliphatic hydroxyl groups is 1. The Balaban J connectivity index is 1.84. The summed E-state index contributed by atoms with van der Waals surface area (Å²) in [5.74, 6) is -0.237. The summed E-state index contributed by atoms with van der Waals surface area (Å²) in [4.78, 5) is 25.2. The van der Waals surface area contributed by atoms with Crippen LogP contribution in [0, 0.1) is 0 Å². The summed E-state index contributed by atoms with van der Waals surface area (Å²) in [6, 6.07) is 8.04. The number of piperidine rings is 1. The molecule has 19 heavy (non-hydrogen) atoms. The fourth-order valence-corrected chi connectivity index (χ4v) is 2.66. The van der Waals surface area contributed by atoms with Gasteiger partial charge in [0.1, 0.15) is 6.04 Å². The zero-order valence-electron chi connectivity index (χ0n) is 10.2. The number of carbonyl (C=O) groups excluding carboxylic acids is 2. The van der Waals surface area contributed by atoms with Gasteiger partial charge in [0.2, 0.25) is 5.91 Å². The molecule has 0 radical (unpaired) electrons. The number of nitrogens with one attached hydrogen (secondary N) is 2. The van der Waals surface area contributed by atoms with Gasteiger partial charge in [-0.05, 0) is 5.56 Å². The molecule has 3 atom stereocenters. The second-order valence-corrected chi connectivity index (χ2v) is 4.84. The standard InChI is InChI=1S/C13H15N3O3/c17-9-6-14-12(18)10-11(9)16(13(19)15-10)7-8-4-2-1-3-5-8/h1-5,9-11,17H,6-7H2,(H,14,18)(H,15,19)/t9-,10+,11-/m1/s1. The fraction of sp³-hybridized carbons (Fsp3) is 0.385. The predicted molar refractivity (Wildman–Crippen MR) is 67.1 cm³/mol. The molecule has 0 aromatic heterocycles. The van der Waals surface area contributed by atoms with Gasteiger partial charge < -0.3 is 20.6 Å². The number of hydrogen-bond acceptors (Lipinski definition) is 3. The second-order valence-electron chi connectivity index (χ2n) is 4.84. The molecule has 100 valence electrons. The maximum atomic E-state index is 12.0. The number of β-amino-alcohol motifs (C(OH)–C–C–N with tert-alkyl or cyclic N) is 1. The first-order valence-electron chi connectivity index (χ1n) is 6.23. The first kappa shape index (κ1) is 12.0. The molecule has 2 heterocycles. The van der Waals surface area contributed by atoms with Gasteiger partial charge in [-0.2, -0.15) is 0 Å². The summed E-state index contributed by atoms with van der Waals surface area (Å²) >= 11 is 0. The zero-order chi connectivity index (χ0) is 13.4. The molecule has 2 aliphatic heterocycles. The Labute approximate surface area is 110 Å². The summed E-state index contributed by atoms with van der Waals surface area (Å²) in [7, 11) is 0. The Morgan fingerprint density at radius 1 is 1.26 bits per heavy atom. The van der Waals surface area contributed by atoms with Crippen molar-refractivity contribution in [2.24, 2.45) is 0 Å². The highest BCUT2D eigenvalue weighted by molar-refractivity contribution is 5.92. The Hall–Kier alpha value is -2.08. The number of nitrogens with zero attached hydrogens (tertiary/aromatic N) is 1. The van der Waals surface area contributed by atoms with Crippen LogP contribution >= 0.6 is 0 Å². The summed E-state index contributed by atoms with van der Waals surface area (Å²) in [6.45, 7) is 0.568. The van der Waals surface area contributed by atoms with Crippen LogP contribution in [0.4, 0.5) is 4.79 Å². The first-order chi connectivity index (χ1) is 9.16. The van der Waals surface area contributed by atoms with Gasteiger partial charge >= 0.3 is 6.03 Å². The van der Waals surface area contributed by atoms with Gasteiger partial charge in [-0.1, -0.05) is 30.3 Å². The van der Waals surface area contributed by atoms with Gasteiger partial charge in [0, 0.05) is 13.1 Å². The summed E-state index contributed by atoms with van der Waals surface area (Å²) in [6.07, 6.45) is -0.745. The number of benzene rings is 1. The third kappa shape index (κ3) is 2.04. The van der Waals surface area contributed by atoms with E-state index in [0.29, 0.717) is 6.54 Å². The average Bonchev–Trinajstić information content (AvgIpc) is 2.74. The van der Waals surface area contributed by atoms with E-state index in [1.807, 2.05) is 30.3 Å². The number of amides is 3. The minimum absolute atomic E-state index is 0.181. The molecule has 2 saturated heterocycles. The van der Waals surface area contributed by atoms with Gasteiger partial charge in [-0.25, -0.2) is 4.79 Å². The zero-order valence-corrected chi connectivity index (χ0v) is 10.2. The third-order valence-electron chi connectivity index (χ3n) is 3.60. The maximum absolute atomic E-state index is 12.0. The summed E-state index contributed by atoms with van der Waals surface area (Å²) in [5.41, 5.74) is 0.969. The molecule has 6 heteroatoms. The van der Waals surface area contributed by atoms with Gasteiger partial charge in [-0.3, -0.25) is 4.79 Å². The predicted octanol–water partition coefficient (Wildman–Crippen LogP) is -0.560. The van der Waals surface area contributed by atoms with E-state index in [-0.39, 0.29) is 18.5 Å². The molecule has 3 N–H and O–H groups in total. The molecule has 6 nitrogen and oxygen atoms in total. The van der Waals surface area contributed by atoms with Crippen LogP contribution in [-0.4, -0.2) is 46.7 Å². The van der Waals surface area contributed by atoms with E-state index < -0.39 is 18.2 Å². The Morgan fingerprint density at radius 3 is 2.74 bits per heavy atom. The van der Waals surface area contributed by atoms with Crippen molar-refractivity contribution in [3.63, 3.8) is 0 Å². The Morgan fingerprint density at radius 2 is 2.00 bits per heavy atom. The second kappa shape index (κ2) is 4.55. The third-order valence-corrected chi connectivity index (χ3v) is 3.60. The fourth-order valence-electron chi connectivity index (χ4n) is 2.66. The lowest BCUT2D eigenvalue weighted by Gasteiger charge is -2.33. The molecule has 1 aromatic rings. The molecule has 2 aliphatic rings. The van der Waals surface area contributed by atoms with Gasteiger partial charge in [0.25, 0.3) is 0 Å². The maximum Gasteiger partial charge on any atom is 0.318 e. The Bertz CT molecular complexity index is 505. The molecular formula is C13H15N3O3. The van der Waals surface area contributed by atoms with Crippen LogP contribution < -0.4 is 10.6 Å². The molecule has 3 rings (SSSR count). The number of rotatable bonds is 2. The number of hydrogen-bond donors (Lipinski definition) is 3.